The lowest BCUT2D eigenvalue weighted by Gasteiger charge is -2.52. The van der Waals surface area contributed by atoms with Crippen LogP contribution in [0.15, 0.2) is 21.2 Å². The second-order valence-electron chi connectivity index (χ2n) is 4.87. The highest BCUT2D eigenvalue weighted by Crippen LogP contribution is 2.39. The molecule has 3 rings (SSSR count). The molecule has 6 heteroatoms. The summed E-state index contributed by atoms with van der Waals surface area (Å²) < 4.78 is 7.68. The molecule has 4 unspecified atom stereocenters. The van der Waals surface area contributed by atoms with Crippen LogP contribution in [-0.2, 0) is 4.74 Å². The molecule has 1 aromatic heterocycles. The van der Waals surface area contributed by atoms with Gasteiger partial charge in [0.25, 0.3) is 0 Å². The van der Waals surface area contributed by atoms with E-state index in [0.717, 1.165) is 27.8 Å². The van der Waals surface area contributed by atoms with E-state index in [4.69, 9.17) is 10.5 Å². The summed E-state index contributed by atoms with van der Waals surface area (Å²) in [5.74, 6) is 1.33. The van der Waals surface area contributed by atoms with E-state index >= 15 is 0 Å². The predicted molar refractivity (Wildman–Crippen MR) is 77.5 cm³/mol. The minimum Gasteiger partial charge on any atom is -0.376 e. The highest BCUT2D eigenvalue weighted by atomic mass is 79.9. The van der Waals surface area contributed by atoms with E-state index in [2.05, 4.69) is 42.2 Å². The summed E-state index contributed by atoms with van der Waals surface area (Å²) in [4.78, 5) is 4.36. The quantitative estimate of drug-likeness (QED) is 0.832. The van der Waals surface area contributed by atoms with Crippen LogP contribution in [-0.4, -0.2) is 29.8 Å². The van der Waals surface area contributed by atoms with Crippen molar-refractivity contribution < 1.29 is 4.74 Å². The molecule has 1 aromatic rings. The van der Waals surface area contributed by atoms with Gasteiger partial charge in [0.15, 0.2) is 0 Å². The number of aromatic nitrogens is 1. The van der Waals surface area contributed by atoms with Gasteiger partial charge in [-0.25, -0.2) is 4.98 Å². The molecule has 1 aliphatic heterocycles. The van der Waals surface area contributed by atoms with Crippen LogP contribution in [0.3, 0.4) is 0 Å². The van der Waals surface area contributed by atoms with Crippen LogP contribution in [0.5, 0.6) is 0 Å². The molecule has 18 heavy (non-hydrogen) atoms. The van der Waals surface area contributed by atoms with Crippen molar-refractivity contribution >= 4 is 37.7 Å². The number of anilines is 1. The van der Waals surface area contributed by atoms with Crippen LogP contribution in [0, 0.1) is 5.92 Å². The topological polar surface area (TPSA) is 60.2 Å². The maximum Gasteiger partial charge on any atom is 0.140 e. The lowest BCUT2D eigenvalue weighted by molar-refractivity contribution is -0.104. The monoisotopic (exact) mass is 375 g/mol. The number of nitrogens with zero attached hydrogens (tertiary/aromatic N) is 1. The first kappa shape index (κ1) is 12.8. The highest BCUT2D eigenvalue weighted by Gasteiger charge is 2.50. The molecule has 0 amide bonds. The van der Waals surface area contributed by atoms with Crippen molar-refractivity contribution in [1.29, 1.82) is 0 Å². The smallest absolute Gasteiger partial charge is 0.140 e. The fourth-order valence-corrected chi connectivity index (χ4v) is 3.91. The zero-order chi connectivity index (χ0) is 12.7. The molecule has 3 N–H and O–H groups in total. The molecular formula is C12H15Br2N3O. The van der Waals surface area contributed by atoms with Gasteiger partial charge >= 0.3 is 0 Å². The Morgan fingerprint density at radius 1 is 1.44 bits per heavy atom. The minimum atomic E-state index is 0.160. The lowest BCUT2D eigenvalue weighted by Crippen LogP contribution is -2.69. The van der Waals surface area contributed by atoms with E-state index in [1.807, 2.05) is 6.07 Å². The molecule has 2 aliphatic rings. The number of halogens is 2. The number of nitrogens with two attached hydrogens (primary N) is 1. The standard InChI is InChI=1S/C12H15Br2N3O/c13-6-4-8(14)12(16-5-6)17-10-9(15)7-2-1-3-18-11(7)10/h4-5,7,9-11H,1-3,15H2,(H,16,17). The van der Waals surface area contributed by atoms with Crippen LogP contribution < -0.4 is 11.1 Å². The zero-order valence-corrected chi connectivity index (χ0v) is 12.9. The molecule has 1 saturated heterocycles. The van der Waals surface area contributed by atoms with Crippen LogP contribution >= 0.6 is 31.9 Å². The van der Waals surface area contributed by atoms with Crippen LogP contribution in [0.25, 0.3) is 0 Å². The first-order valence-electron chi connectivity index (χ1n) is 6.11. The van der Waals surface area contributed by atoms with Gasteiger partial charge in [0, 0.05) is 29.2 Å². The van der Waals surface area contributed by atoms with Crippen molar-refractivity contribution in [2.75, 3.05) is 11.9 Å². The molecule has 4 atom stereocenters. The number of hydrogen-bond donors (Lipinski definition) is 2. The first-order chi connectivity index (χ1) is 8.66. The fourth-order valence-electron chi connectivity index (χ4n) is 2.80. The third-order valence-corrected chi connectivity index (χ3v) is 4.83. The fraction of sp³-hybridized carbons (Fsp3) is 0.583. The maximum atomic E-state index is 6.21. The van der Waals surface area contributed by atoms with Crippen molar-refractivity contribution in [3.63, 3.8) is 0 Å². The molecule has 0 aromatic carbocycles. The van der Waals surface area contributed by atoms with Crippen LogP contribution in [0.2, 0.25) is 0 Å². The van der Waals surface area contributed by atoms with Gasteiger partial charge in [-0.3, -0.25) is 0 Å². The SMILES string of the molecule is NC1C2CCCOC2C1Nc1ncc(Br)cc1Br. The van der Waals surface area contributed by atoms with E-state index in [0.29, 0.717) is 5.92 Å². The Kier molecular flexibility index (Phi) is 3.62. The second kappa shape index (κ2) is 5.07. The van der Waals surface area contributed by atoms with Crippen LogP contribution in [0.1, 0.15) is 12.8 Å². The zero-order valence-electron chi connectivity index (χ0n) is 9.77. The lowest BCUT2D eigenvalue weighted by atomic mass is 9.68. The largest absolute Gasteiger partial charge is 0.376 e. The average molecular weight is 377 g/mol. The molecule has 1 saturated carbocycles. The average Bonchev–Trinajstić information content (AvgIpc) is 2.37. The summed E-state index contributed by atoms with van der Waals surface area (Å²) in [7, 11) is 0. The number of rotatable bonds is 2. The maximum absolute atomic E-state index is 6.21. The molecular weight excluding hydrogens is 362 g/mol. The number of pyridine rings is 1. The van der Waals surface area contributed by atoms with Crippen molar-refractivity contribution in [2.45, 2.75) is 31.0 Å². The Morgan fingerprint density at radius 3 is 3.06 bits per heavy atom. The number of fused-ring (bicyclic) bond motifs is 1. The number of hydrogen-bond acceptors (Lipinski definition) is 4. The molecule has 0 bridgehead atoms. The number of ether oxygens (including phenoxy) is 1. The van der Waals surface area contributed by atoms with Gasteiger partial charge < -0.3 is 15.8 Å². The first-order valence-corrected chi connectivity index (χ1v) is 7.70. The van der Waals surface area contributed by atoms with E-state index in [9.17, 15) is 0 Å². The van der Waals surface area contributed by atoms with E-state index in [-0.39, 0.29) is 18.2 Å². The Balaban J connectivity index is 1.73. The van der Waals surface area contributed by atoms with Crippen LogP contribution in [0.4, 0.5) is 5.82 Å². The highest BCUT2D eigenvalue weighted by molar-refractivity contribution is 9.11. The van der Waals surface area contributed by atoms with Crippen molar-refractivity contribution in [2.24, 2.45) is 11.7 Å². The van der Waals surface area contributed by atoms with E-state index in [1.54, 1.807) is 6.20 Å². The summed E-state index contributed by atoms with van der Waals surface area (Å²) in [6.45, 7) is 0.848. The second-order valence-corrected chi connectivity index (χ2v) is 6.64. The summed E-state index contributed by atoms with van der Waals surface area (Å²) in [6.07, 6.45) is 4.32. The Labute approximate surface area is 123 Å². The summed E-state index contributed by atoms with van der Waals surface area (Å²) in [6, 6.07) is 2.30. The van der Waals surface area contributed by atoms with Gasteiger partial charge in [-0.05, 0) is 50.8 Å². The summed E-state index contributed by atoms with van der Waals surface area (Å²) in [5.41, 5.74) is 6.21. The normalized spacial score (nSPS) is 34.6. The molecule has 98 valence electrons. The molecule has 2 heterocycles. The molecule has 4 nitrogen and oxygen atoms in total. The third-order valence-electron chi connectivity index (χ3n) is 3.79. The number of nitrogens with one attached hydrogen (secondary N) is 1. The predicted octanol–water partition coefficient (Wildman–Crippen LogP) is 2.52. The Bertz CT molecular complexity index is 457. The minimum absolute atomic E-state index is 0.160. The molecule has 1 aliphatic carbocycles. The molecule has 2 fully saturated rings. The summed E-state index contributed by atoms with van der Waals surface area (Å²) in [5, 5.41) is 3.39. The Morgan fingerprint density at radius 2 is 2.28 bits per heavy atom. The summed E-state index contributed by atoms with van der Waals surface area (Å²) >= 11 is 6.89. The van der Waals surface area contributed by atoms with Gasteiger partial charge in [0.05, 0.1) is 16.6 Å². The van der Waals surface area contributed by atoms with Gasteiger partial charge in [-0.2, -0.15) is 0 Å². The van der Waals surface area contributed by atoms with Gasteiger partial charge in [0.1, 0.15) is 5.82 Å². The van der Waals surface area contributed by atoms with Gasteiger partial charge in [-0.1, -0.05) is 0 Å². The van der Waals surface area contributed by atoms with Crippen molar-refractivity contribution in [1.82, 2.24) is 4.98 Å². The van der Waals surface area contributed by atoms with Crippen molar-refractivity contribution in [3.8, 4) is 0 Å². The molecule has 0 radical (unpaired) electrons. The Hall–Kier alpha value is -0.170. The third kappa shape index (κ3) is 2.19. The van der Waals surface area contributed by atoms with Gasteiger partial charge in [-0.15, -0.1) is 0 Å². The van der Waals surface area contributed by atoms with E-state index < -0.39 is 0 Å². The van der Waals surface area contributed by atoms with Crippen molar-refractivity contribution in [3.05, 3.63) is 21.2 Å². The van der Waals surface area contributed by atoms with Gasteiger partial charge in [0.2, 0.25) is 0 Å². The van der Waals surface area contributed by atoms with E-state index in [1.165, 1.54) is 6.42 Å². The molecule has 0 spiro atoms.